The van der Waals surface area contributed by atoms with Crippen LogP contribution >= 0.6 is 22.9 Å². The van der Waals surface area contributed by atoms with Crippen molar-refractivity contribution in [2.75, 3.05) is 0 Å². The second-order valence-corrected chi connectivity index (χ2v) is 6.76. The van der Waals surface area contributed by atoms with Gasteiger partial charge in [-0.1, -0.05) is 69.9 Å². The smallest absolute Gasteiger partial charge is 0.0931 e. The standard InChI is InChI=1S/C15H26ClNS/c1-2-3-4-5-6-7-8-9-10-13(17)14-11-12-15(16)18-14/h11-13H,2-10,17H2,1H3. The van der Waals surface area contributed by atoms with Gasteiger partial charge >= 0.3 is 0 Å². The molecule has 0 saturated heterocycles. The minimum atomic E-state index is 0.183. The third-order valence-electron chi connectivity index (χ3n) is 3.33. The molecule has 2 N–H and O–H groups in total. The number of rotatable bonds is 10. The van der Waals surface area contributed by atoms with E-state index in [9.17, 15) is 0 Å². The molecule has 3 heteroatoms. The first-order valence-electron chi connectivity index (χ1n) is 7.25. The van der Waals surface area contributed by atoms with Gasteiger partial charge in [0.05, 0.1) is 4.34 Å². The van der Waals surface area contributed by atoms with Crippen molar-refractivity contribution in [3.05, 3.63) is 21.3 Å². The summed E-state index contributed by atoms with van der Waals surface area (Å²) in [5.41, 5.74) is 6.14. The maximum absolute atomic E-state index is 6.14. The zero-order chi connectivity index (χ0) is 13.2. The van der Waals surface area contributed by atoms with E-state index in [1.165, 1.54) is 56.2 Å². The Bertz CT molecular complexity index is 311. The van der Waals surface area contributed by atoms with E-state index in [1.54, 1.807) is 11.3 Å². The highest BCUT2D eigenvalue weighted by Crippen LogP contribution is 2.28. The molecule has 1 aromatic heterocycles. The SMILES string of the molecule is CCCCCCCCCCC(N)c1ccc(Cl)s1. The summed E-state index contributed by atoms with van der Waals surface area (Å²) in [5.74, 6) is 0. The van der Waals surface area contributed by atoms with Gasteiger partial charge in [-0.25, -0.2) is 0 Å². The molecule has 0 aliphatic carbocycles. The quantitative estimate of drug-likeness (QED) is 0.530. The van der Waals surface area contributed by atoms with Gasteiger partial charge in [-0.2, -0.15) is 0 Å². The van der Waals surface area contributed by atoms with Crippen LogP contribution in [0.15, 0.2) is 12.1 Å². The zero-order valence-corrected chi connectivity index (χ0v) is 13.0. The van der Waals surface area contributed by atoms with Crippen LogP contribution in [-0.2, 0) is 0 Å². The van der Waals surface area contributed by atoms with Gasteiger partial charge in [-0.3, -0.25) is 0 Å². The summed E-state index contributed by atoms with van der Waals surface area (Å²) < 4.78 is 0.844. The van der Waals surface area contributed by atoms with Crippen molar-refractivity contribution in [2.24, 2.45) is 5.73 Å². The average molecular weight is 288 g/mol. The molecule has 0 fully saturated rings. The minimum Gasteiger partial charge on any atom is -0.323 e. The van der Waals surface area contributed by atoms with Gasteiger partial charge in [0.1, 0.15) is 0 Å². The molecule has 104 valence electrons. The Balaban J connectivity index is 1.97. The number of halogens is 1. The molecule has 0 radical (unpaired) electrons. The van der Waals surface area contributed by atoms with Crippen LogP contribution in [0.1, 0.15) is 75.6 Å². The van der Waals surface area contributed by atoms with Crippen molar-refractivity contribution in [3.8, 4) is 0 Å². The van der Waals surface area contributed by atoms with Gasteiger partial charge < -0.3 is 5.73 Å². The van der Waals surface area contributed by atoms with Gasteiger partial charge in [-0.15, -0.1) is 11.3 Å². The van der Waals surface area contributed by atoms with Gasteiger partial charge in [-0.05, 0) is 18.6 Å². The summed E-state index contributed by atoms with van der Waals surface area (Å²) in [4.78, 5) is 1.22. The van der Waals surface area contributed by atoms with Crippen LogP contribution in [0, 0.1) is 0 Å². The fourth-order valence-corrected chi connectivity index (χ4v) is 3.26. The van der Waals surface area contributed by atoms with Crippen molar-refractivity contribution in [1.82, 2.24) is 0 Å². The fraction of sp³-hybridized carbons (Fsp3) is 0.733. The van der Waals surface area contributed by atoms with E-state index in [4.69, 9.17) is 17.3 Å². The molecular formula is C15H26ClNS. The lowest BCUT2D eigenvalue weighted by Crippen LogP contribution is -2.07. The van der Waals surface area contributed by atoms with Crippen molar-refractivity contribution in [2.45, 2.75) is 70.8 Å². The van der Waals surface area contributed by atoms with Gasteiger partial charge in [0, 0.05) is 10.9 Å². The van der Waals surface area contributed by atoms with Gasteiger partial charge in [0.15, 0.2) is 0 Å². The average Bonchev–Trinajstić information content (AvgIpc) is 2.79. The van der Waals surface area contributed by atoms with Crippen molar-refractivity contribution in [1.29, 1.82) is 0 Å². The largest absolute Gasteiger partial charge is 0.323 e. The molecule has 0 aliphatic rings. The Hall–Kier alpha value is -0.0500. The van der Waals surface area contributed by atoms with E-state index < -0.39 is 0 Å². The summed E-state index contributed by atoms with van der Waals surface area (Å²) >= 11 is 7.53. The summed E-state index contributed by atoms with van der Waals surface area (Å²) in [6.45, 7) is 2.26. The normalized spacial score (nSPS) is 12.8. The van der Waals surface area contributed by atoms with Crippen LogP contribution in [-0.4, -0.2) is 0 Å². The lowest BCUT2D eigenvalue weighted by Gasteiger charge is -2.08. The highest BCUT2D eigenvalue weighted by atomic mass is 35.5. The van der Waals surface area contributed by atoms with Gasteiger partial charge in [0.2, 0.25) is 0 Å². The monoisotopic (exact) mass is 287 g/mol. The molecule has 1 nitrogen and oxygen atoms in total. The first-order chi connectivity index (χ1) is 8.74. The zero-order valence-electron chi connectivity index (χ0n) is 11.5. The third-order valence-corrected chi connectivity index (χ3v) is 4.69. The summed E-state index contributed by atoms with van der Waals surface area (Å²) in [6.07, 6.45) is 11.9. The lowest BCUT2D eigenvalue weighted by molar-refractivity contribution is 0.539. The Morgan fingerprint density at radius 2 is 1.67 bits per heavy atom. The highest BCUT2D eigenvalue weighted by Gasteiger charge is 2.07. The predicted molar refractivity (Wildman–Crippen MR) is 83.5 cm³/mol. The second kappa shape index (κ2) is 9.82. The van der Waals surface area contributed by atoms with Crippen LogP contribution in [0.4, 0.5) is 0 Å². The number of thiophene rings is 1. The third kappa shape index (κ3) is 6.77. The van der Waals surface area contributed by atoms with E-state index in [2.05, 4.69) is 13.0 Å². The summed E-state index contributed by atoms with van der Waals surface area (Å²) in [6, 6.07) is 4.18. The Labute approximate surface area is 121 Å². The van der Waals surface area contributed by atoms with Crippen molar-refractivity contribution >= 4 is 22.9 Å². The number of hydrogen-bond donors (Lipinski definition) is 1. The number of nitrogens with two attached hydrogens (primary N) is 1. The van der Waals surface area contributed by atoms with Crippen molar-refractivity contribution in [3.63, 3.8) is 0 Å². The minimum absolute atomic E-state index is 0.183. The van der Waals surface area contributed by atoms with Crippen LogP contribution in [0.2, 0.25) is 4.34 Å². The van der Waals surface area contributed by atoms with E-state index in [0.717, 1.165) is 10.8 Å². The highest BCUT2D eigenvalue weighted by molar-refractivity contribution is 7.16. The van der Waals surface area contributed by atoms with Crippen LogP contribution < -0.4 is 5.73 Å². The molecule has 0 spiro atoms. The van der Waals surface area contributed by atoms with Crippen LogP contribution in [0.25, 0.3) is 0 Å². The first kappa shape index (κ1) is 16.0. The molecule has 1 aromatic rings. The molecule has 0 bridgehead atoms. The van der Waals surface area contributed by atoms with Gasteiger partial charge in [0.25, 0.3) is 0 Å². The van der Waals surface area contributed by atoms with Crippen molar-refractivity contribution < 1.29 is 0 Å². The molecule has 0 aliphatic heterocycles. The maximum atomic E-state index is 6.14. The number of unbranched alkanes of at least 4 members (excludes halogenated alkanes) is 7. The summed E-state index contributed by atoms with van der Waals surface area (Å²) in [7, 11) is 0. The molecular weight excluding hydrogens is 262 g/mol. The van der Waals surface area contributed by atoms with Crippen LogP contribution in [0.3, 0.4) is 0 Å². The van der Waals surface area contributed by atoms with Crippen LogP contribution in [0.5, 0.6) is 0 Å². The Morgan fingerprint density at radius 1 is 1.06 bits per heavy atom. The van der Waals surface area contributed by atoms with E-state index in [1.807, 2.05) is 6.07 Å². The molecule has 1 rings (SSSR count). The molecule has 0 amide bonds. The van der Waals surface area contributed by atoms with E-state index in [-0.39, 0.29) is 6.04 Å². The number of hydrogen-bond acceptors (Lipinski definition) is 2. The fourth-order valence-electron chi connectivity index (χ4n) is 2.17. The van der Waals surface area contributed by atoms with E-state index >= 15 is 0 Å². The molecule has 1 unspecified atom stereocenters. The predicted octanol–water partition coefficient (Wildman–Crippen LogP) is 5.93. The lowest BCUT2D eigenvalue weighted by atomic mass is 10.0. The second-order valence-electron chi connectivity index (χ2n) is 5.01. The Morgan fingerprint density at radius 3 is 2.22 bits per heavy atom. The maximum Gasteiger partial charge on any atom is 0.0931 e. The Kier molecular flexibility index (Phi) is 8.74. The molecule has 0 aromatic carbocycles. The van der Waals surface area contributed by atoms with E-state index in [0.29, 0.717) is 0 Å². The molecule has 0 saturated carbocycles. The first-order valence-corrected chi connectivity index (χ1v) is 8.44. The molecule has 1 heterocycles. The molecule has 1 atom stereocenters. The molecule has 18 heavy (non-hydrogen) atoms. The summed E-state index contributed by atoms with van der Waals surface area (Å²) in [5, 5.41) is 0. The topological polar surface area (TPSA) is 26.0 Å².